The van der Waals surface area contributed by atoms with E-state index in [-0.39, 0.29) is 0 Å². The summed E-state index contributed by atoms with van der Waals surface area (Å²) in [6.07, 6.45) is 0.986. The molecule has 6 nitrogen and oxygen atoms in total. The van der Waals surface area contributed by atoms with Gasteiger partial charge in [0.05, 0.1) is 32.9 Å². The second-order valence-electron chi connectivity index (χ2n) is 3.88. The van der Waals surface area contributed by atoms with E-state index in [1.54, 1.807) is 20.3 Å². The lowest BCUT2D eigenvalue weighted by Gasteiger charge is -2.23. The van der Waals surface area contributed by atoms with Crippen molar-refractivity contribution in [3.05, 3.63) is 6.07 Å². The van der Waals surface area contributed by atoms with Gasteiger partial charge >= 0.3 is 0 Å². The molecule has 1 unspecified atom stereocenters. The van der Waals surface area contributed by atoms with Gasteiger partial charge in [-0.25, -0.2) is 0 Å². The maximum absolute atomic E-state index is 5.35. The van der Waals surface area contributed by atoms with E-state index in [9.17, 15) is 0 Å². The van der Waals surface area contributed by atoms with Crippen LogP contribution < -0.4 is 14.4 Å². The average Bonchev–Trinajstić information content (AvgIpc) is 2.91. The normalized spacial score (nSPS) is 19.1. The average molecular weight is 239 g/mol. The van der Waals surface area contributed by atoms with Gasteiger partial charge in [-0.1, -0.05) is 0 Å². The first-order chi connectivity index (χ1) is 8.24. The van der Waals surface area contributed by atoms with Gasteiger partial charge in [-0.05, 0) is 6.42 Å². The summed E-state index contributed by atoms with van der Waals surface area (Å²) in [7, 11) is 5.10. The zero-order valence-corrected chi connectivity index (χ0v) is 10.3. The monoisotopic (exact) mass is 239 g/mol. The zero-order chi connectivity index (χ0) is 12.3. The van der Waals surface area contributed by atoms with Crippen molar-refractivity contribution < 1.29 is 14.2 Å². The molecular formula is C11H17N3O3. The van der Waals surface area contributed by atoms with Crippen LogP contribution >= 0.6 is 0 Å². The van der Waals surface area contributed by atoms with Crippen molar-refractivity contribution in [2.75, 3.05) is 39.4 Å². The SMILES string of the molecule is COc1cc(OC)nc(N(C)C2CCOC2)n1. The van der Waals surface area contributed by atoms with E-state index < -0.39 is 0 Å². The first-order valence-electron chi connectivity index (χ1n) is 5.52. The van der Waals surface area contributed by atoms with Gasteiger partial charge < -0.3 is 19.1 Å². The molecule has 1 aromatic rings. The van der Waals surface area contributed by atoms with Gasteiger partial charge in [0.15, 0.2) is 0 Å². The summed E-state index contributed by atoms with van der Waals surface area (Å²) in [4.78, 5) is 10.6. The lowest BCUT2D eigenvalue weighted by Crippen LogP contribution is -2.33. The molecule has 1 aromatic heterocycles. The van der Waals surface area contributed by atoms with E-state index in [1.165, 1.54) is 0 Å². The Kier molecular flexibility index (Phi) is 3.63. The van der Waals surface area contributed by atoms with Crippen molar-refractivity contribution in [3.8, 4) is 11.8 Å². The van der Waals surface area contributed by atoms with Crippen molar-refractivity contribution in [3.63, 3.8) is 0 Å². The molecule has 1 saturated heterocycles. The maximum atomic E-state index is 5.35. The number of nitrogens with zero attached hydrogens (tertiary/aromatic N) is 3. The Balaban J connectivity index is 2.23. The van der Waals surface area contributed by atoms with E-state index in [4.69, 9.17) is 14.2 Å². The van der Waals surface area contributed by atoms with Crippen LogP contribution in [0.1, 0.15) is 6.42 Å². The molecule has 94 valence electrons. The molecule has 17 heavy (non-hydrogen) atoms. The summed E-state index contributed by atoms with van der Waals surface area (Å²) in [5.41, 5.74) is 0. The van der Waals surface area contributed by atoms with E-state index in [0.717, 1.165) is 13.0 Å². The molecule has 2 rings (SSSR count). The van der Waals surface area contributed by atoms with Crippen LogP contribution in [0.5, 0.6) is 11.8 Å². The van der Waals surface area contributed by atoms with Crippen LogP contribution in [0.3, 0.4) is 0 Å². The van der Waals surface area contributed by atoms with Crippen LogP contribution in [0.2, 0.25) is 0 Å². The number of aromatic nitrogens is 2. The van der Waals surface area contributed by atoms with Gasteiger partial charge in [-0.15, -0.1) is 0 Å². The molecule has 0 amide bonds. The van der Waals surface area contributed by atoms with Gasteiger partial charge in [0.1, 0.15) is 0 Å². The Bertz CT molecular complexity index is 358. The highest BCUT2D eigenvalue weighted by atomic mass is 16.5. The molecule has 1 fully saturated rings. The van der Waals surface area contributed by atoms with Crippen LogP contribution in [-0.2, 0) is 4.74 Å². The number of anilines is 1. The van der Waals surface area contributed by atoms with Gasteiger partial charge in [-0.2, -0.15) is 9.97 Å². The van der Waals surface area contributed by atoms with E-state index in [2.05, 4.69) is 9.97 Å². The third kappa shape index (κ3) is 2.58. The highest BCUT2D eigenvalue weighted by Crippen LogP contribution is 2.22. The molecule has 6 heteroatoms. The summed E-state index contributed by atoms with van der Waals surface area (Å²) >= 11 is 0. The standard InChI is InChI=1S/C11H17N3O3/c1-14(8-4-5-17-7-8)11-12-9(15-2)6-10(13-11)16-3/h6,8H,4-5,7H2,1-3H3. The molecule has 2 heterocycles. The third-order valence-corrected chi connectivity index (χ3v) is 2.85. The Labute approximate surface area is 101 Å². The van der Waals surface area contributed by atoms with E-state index in [0.29, 0.717) is 30.4 Å². The third-order valence-electron chi connectivity index (χ3n) is 2.85. The number of likely N-dealkylation sites (N-methyl/N-ethyl adjacent to an activating group) is 1. The Morgan fingerprint density at radius 3 is 2.41 bits per heavy atom. The van der Waals surface area contributed by atoms with Crippen LogP contribution in [0.25, 0.3) is 0 Å². The summed E-state index contributed by atoms with van der Waals surface area (Å²) in [5, 5.41) is 0. The predicted molar refractivity (Wildman–Crippen MR) is 62.8 cm³/mol. The van der Waals surface area contributed by atoms with Gasteiger partial charge in [0.2, 0.25) is 17.7 Å². The van der Waals surface area contributed by atoms with Crippen LogP contribution in [0, 0.1) is 0 Å². The molecule has 0 saturated carbocycles. The first-order valence-corrected chi connectivity index (χ1v) is 5.52. The fraction of sp³-hybridized carbons (Fsp3) is 0.636. The lowest BCUT2D eigenvalue weighted by molar-refractivity contribution is 0.193. The smallest absolute Gasteiger partial charge is 0.232 e. The Morgan fingerprint density at radius 1 is 1.29 bits per heavy atom. The molecule has 0 spiro atoms. The number of ether oxygens (including phenoxy) is 3. The molecule has 1 aliphatic rings. The van der Waals surface area contributed by atoms with Crippen molar-refractivity contribution in [1.82, 2.24) is 9.97 Å². The summed E-state index contributed by atoms with van der Waals surface area (Å²) in [6, 6.07) is 1.97. The lowest BCUT2D eigenvalue weighted by atomic mass is 10.2. The largest absolute Gasteiger partial charge is 0.481 e. The summed E-state index contributed by atoms with van der Waals surface area (Å²) in [6.45, 7) is 1.50. The minimum absolute atomic E-state index is 0.312. The van der Waals surface area contributed by atoms with Crippen molar-refractivity contribution in [1.29, 1.82) is 0 Å². The fourth-order valence-electron chi connectivity index (χ4n) is 1.75. The number of hydrogen-bond donors (Lipinski definition) is 0. The van der Waals surface area contributed by atoms with E-state index in [1.807, 2.05) is 11.9 Å². The molecular weight excluding hydrogens is 222 g/mol. The number of rotatable bonds is 4. The number of methoxy groups -OCH3 is 2. The quantitative estimate of drug-likeness (QED) is 0.771. The van der Waals surface area contributed by atoms with Crippen molar-refractivity contribution >= 4 is 5.95 Å². The summed E-state index contributed by atoms with van der Waals surface area (Å²) in [5.74, 6) is 1.59. The maximum Gasteiger partial charge on any atom is 0.232 e. The van der Waals surface area contributed by atoms with Crippen LogP contribution in [-0.4, -0.2) is 50.5 Å². The molecule has 0 bridgehead atoms. The second kappa shape index (κ2) is 5.18. The van der Waals surface area contributed by atoms with Crippen molar-refractivity contribution in [2.24, 2.45) is 0 Å². The molecule has 0 aromatic carbocycles. The number of hydrogen-bond acceptors (Lipinski definition) is 6. The molecule has 1 aliphatic heterocycles. The molecule has 0 radical (unpaired) electrons. The zero-order valence-electron chi connectivity index (χ0n) is 10.3. The molecule has 0 aliphatic carbocycles. The van der Waals surface area contributed by atoms with Crippen LogP contribution in [0.4, 0.5) is 5.95 Å². The van der Waals surface area contributed by atoms with Gasteiger partial charge in [-0.3, -0.25) is 0 Å². The minimum atomic E-state index is 0.312. The molecule has 1 atom stereocenters. The molecule has 0 N–H and O–H groups in total. The van der Waals surface area contributed by atoms with E-state index >= 15 is 0 Å². The van der Waals surface area contributed by atoms with Gasteiger partial charge in [0.25, 0.3) is 0 Å². The minimum Gasteiger partial charge on any atom is -0.481 e. The Morgan fingerprint density at radius 2 is 1.94 bits per heavy atom. The fourth-order valence-corrected chi connectivity index (χ4v) is 1.75. The summed E-state index contributed by atoms with van der Waals surface area (Å²) < 4.78 is 15.6. The second-order valence-corrected chi connectivity index (χ2v) is 3.88. The van der Waals surface area contributed by atoms with Crippen molar-refractivity contribution in [2.45, 2.75) is 12.5 Å². The first kappa shape index (κ1) is 11.9. The topological polar surface area (TPSA) is 56.7 Å². The Hall–Kier alpha value is -1.56. The van der Waals surface area contributed by atoms with Crippen LogP contribution in [0.15, 0.2) is 6.07 Å². The van der Waals surface area contributed by atoms with Gasteiger partial charge in [0, 0.05) is 13.7 Å². The highest BCUT2D eigenvalue weighted by molar-refractivity contribution is 5.37. The highest BCUT2D eigenvalue weighted by Gasteiger charge is 2.23. The predicted octanol–water partition coefficient (Wildman–Crippen LogP) is 0.719.